The van der Waals surface area contributed by atoms with Crippen LogP contribution in [0.2, 0.25) is 0 Å². The summed E-state index contributed by atoms with van der Waals surface area (Å²) in [5, 5.41) is 0. The predicted octanol–water partition coefficient (Wildman–Crippen LogP) is 14.1. The predicted molar refractivity (Wildman–Crippen MR) is 233 cm³/mol. The summed E-state index contributed by atoms with van der Waals surface area (Å²) in [5.74, 6) is -1.03. The topological polar surface area (TPSA) is 78.9 Å². The molecule has 0 saturated carbocycles. The molecule has 0 bridgehead atoms. The summed E-state index contributed by atoms with van der Waals surface area (Å²) in [7, 11) is 0. The van der Waals surface area contributed by atoms with Crippen molar-refractivity contribution in [1.82, 2.24) is 0 Å². The first-order chi connectivity index (χ1) is 27.0. The standard InChI is InChI=1S/C49H80O6/c1-4-7-10-13-16-19-22-24-27-30-33-36-39-42-48(51)54-45-46(44-53-47(50)41-38-35-32-29-26-21-18-15-12-9-6-3)55-49(52)43-40-37-34-31-28-25-23-20-17-14-11-8-5-2/h7,10-11,14-16,18-20,23-24,27,33,36,46H,4-6,8-9,12-13,17,21-22,25-26,28-32,34-35,37-45H2,1-3H3/b10-7-,14-11-,18-15-,19-16-,23-20-,27-24-,36-33-. The van der Waals surface area contributed by atoms with E-state index in [1.165, 1.54) is 32.1 Å². The van der Waals surface area contributed by atoms with E-state index in [-0.39, 0.29) is 37.5 Å². The lowest BCUT2D eigenvalue weighted by Crippen LogP contribution is -2.30. The highest BCUT2D eigenvalue weighted by Crippen LogP contribution is 2.12. The fourth-order valence-electron chi connectivity index (χ4n) is 5.53. The average Bonchev–Trinajstić information content (AvgIpc) is 3.18. The van der Waals surface area contributed by atoms with Gasteiger partial charge in [-0.3, -0.25) is 14.4 Å². The van der Waals surface area contributed by atoms with Gasteiger partial charge in [-0.2, -0.15) is 0 Å². The van der Waals surface area contributed by atoms with Gasteiger partial charge in [-0.15, -0.1) is 0 Å². The Balaban J connectivity index is 4.53. The van der Waals surface area contributed by atoms with E-state index in [1.54, 1.807) is 0 Å². The van der Waals surface area contributed by atoms with Gasteiger partial charge in [0.2, 0.25) is 0 Å². The van der Waals surface area contributed by atoms with Crippen LogP contribution in [0.25, 0.3) is 0 Å². The SMILES string of the molecule is CC/C=C\C/C=C\C/C=C\C/C=C\CCC(=O)OCC(COC(=O)CCCCCCC/C=C\CCCC)OC(=O)CCCCCCC/C=C\C/C=C\CCC. The molecule has 0 rings (SSSR count). The molecule has 0 aromatic rings. The molecular weight excluding hydrogens is 685 g/mol. The summed E-state index contributed by atoms with van der Waals surface area (Å²) in [5.41, 5.74) is 0. The summed E-state index contributed by atoms with van der Waals surface area (Å²) in [6.45, 7) is 6.30. The van der Waals surface area contributed by atoms with Crippen molar-refractivity contribution in [3.05, 3.63) is 85.1 Å². The minimum absolute atomic E-state index is 0.110. The van der Waals surface area contributed by atoms with E-state index in [4.69, 9.17) is 14.2 Å². The molecule has 0 spiro atoms. The molecule has 312 valence electrons. The number of ether oxygens (including phenoxy) is 3. The van der Waals surface area contributed by atoms with Gasteiger partial charge in [0.15, 0.2) is 6.10 Å². The maximum atomic E-state index is 12.7. The van der Waals surface area contributed by atoms with Crippen LogP contribution in [0.3, 0.4) is 0 Å². The lowest BCUT2D eigenvalue weighted by Gasteiger charge is -2.18. The summed E-state index contributed by atoms with van der Waals surface area (Å²) in [4.78, 5) is 37.6. The lowest BCUT2D eigenvalue weighted by molar-refractivity contribution is -0.166. The normalized spacial score (nSPS) is 12.9. The van der Waals surface area contributed by atoms with Gasteiger partial charge >= 0.3 is 17.9 Å². The van der Waals surface area contributed by atoms with Crippen molar-refractivity contribution in [2.45, 2.75) is 194 Å². The number of hydrogen-bond donors (Lipinski definition) is 0. The lowest BCUT2D eigenvalue weighted by atomic mass is 10.1. The molecule has 0 aliphatic heterocycles. The summed E-state index contributed by atoms with van der Waals surface area (Å²) in [6.07, 6.45) is 54.3. The molecule has 0 fully saturated rings. The molecule has 55 heavy (non-hydrogen) atoms. The van der Waals surface area contributed by atoms with Gasteiger partial charge < -0.3 is 14.2 Å². The molecule has 0 aromatic heterocycles. The summed E-state index contributed by atoms with van der Waals surface area (Å²) >= 11 is 0. The van der Waals surface area contributed by atoms with E-state index in [2.05, 4.69) is 93.7 Å². The molecule has 6 heteroatoms. The second kappa shape index (κ2) is 43.3. The van der Waals surface area contributed by atoms with Crippen LogP contribution in [0.4, 0.5) is 0 Å². The Morgan fingerprint density at radius 1 is 0.382 bits per heavy atom. The molecule has 0 aromatic carbocycles. The smallest absolute Gasteiger partial charge is 0.306 e. The number of rotatable bonds is 38. The quantitative estimate of drug-likeness (QED) is 0.0270. The first-order valence-corrected chi connectivity index (χ1v) is 22.1. The zero-order valence-electron chi connectivity index (χ0n) is 35.4. The third-order valence-electron chi connectivity index (χ3n) is 8.85. The number of carbonyl (C=O) groups excluding carboxylic acids is 3. The van der Waals surface area contributed by atoms with Gasteiger partial charge in [0.05, 0.1) is 0 Å². The molecule has 6 nitrogen and oxygen atoms in total. The molecule has 0 heterocycles. The summed E-state index contributed by atoms with van der Waals surface area (Å²) < 4.78 is 16.6. The molecule has 1 unspecified atom stereocenters. The monoisotopic (exact) mass is 765 g/mol. The molecule has 0 aliphatic carbocycles. The van der Waals surface area contributed by atoms with Crippen LogP contribution >= 0.6 is 0 Å². The van der Waals surface area contributed by atoms with Crippen LogP contribution in [0.1, 0.15) is 188 Å². The second-order valence-corrected chi connectivity index (χ2v) is 14.2. The van der Waals surface area contributed by atoms with Gasteiger partial charge in [-0.1, -0.05) is 164 Å². The van der Waals surface area contributed by atoms with Crippen molar-refractivity contribution in [3.63, 3.8) is 0 Å². The average molecular weight is 765 g/mol. The van der Waals surface area contributed by atoms with Crippen LogP contribution in [-0.4, -0.2) is 37.2 Å². The Kier molecular flexibility index (Phi) is 40.6. The number of esters is 3. The Bertz CT molecular complexity index is 1110. The van der Waals surface area contributed by atoms with E-state index < -0.39 is 6.10 Å². The fraction of sp³-hybridized carbons (Fsp3) is 0.653. The first-order valence-electron chi connectivity index (χ1n) is 22.1. The minimum atomic E-state index is -0.813. The number of allylic oxidation sites excluding steroid dienone is 14. The highest BCUT2D eigenvalue weighted by Gasteiger charge is 2.19. The highest BCUT2D eigenvalue weighted by molar-refractivity contribution is 5.71. The molecular formula is C49H80O6. The van der Waals surface area contributed by atoms with Crippen LogP contribution < -0.4 is 0 Å². The zero-order chi connectivity index (χ0) is 40.1. The van der Waals surface area contributed by atoms with Crippen LogP contribution in [0.15, 0.2) is 85.1 Å². The molecule has 0 amide bonds. The first kappa shape index (κ1) is 51.6. The molecule has 0 N–H and O–H groups in total. The molecule has 0 aliphatic rings. The van der Waals surface area contributed by atoms with Crippen molar-refractivity contribution in [1.29, 1.82) is 0 Å². The van der Waals surface area contributed by atoms with Gasteiger partial charge in [-0.25, -0.2) is 0 Å². The van der Waals surface area contributed by atoms with Crippen molar-refractivity contribution < 1.29 is 28.6 Å². The van der Waals surface area contributed by atoms with E-state index >= 15 is 0 Å². The van der Waals surface area contributed by atoms with Gasteiger partial charge in [0.1, 0.15) is 13.2 Å². The van der Waals surface area contributed by atoms with E-state index in [9.17, 15) is 14.4 Å². The van der Waals surface area contributed by atoms with E-state index in [0.29, 0.717) is 19.3 Å². The largest absolute Gasteiger partial charge is 0.462 e. The third-order valence-corrected chi connectivity index (χ3v) is 8.85. The maximum Gasteiger partial charge on any atom is 0.306 e. The van der Waals surface area contributed by atoms with Crippen LogP contribution in [-0.2, 0) is 28.6 Å². The zero-order valence-corrected chi connectivity index (χ0v) is 35.4. The minimum Gasteiger partial charge on any atom is -0.462 e. The van der Waals surface area contributed by atoms with Crippen molar-refractivity contribution in [2.75, 3.05) is 13.2 Å². The fourth-order valence-corrected chi connectivity index (χ4v) is 5.53. The van der Waals surface area contributed by atoms with E-state index in [1.807, 2.05) is 12.2 Å². The molecule has 0 saturated heterocycles. The third kappa shape index (κ3) is 41.6. The van der Waals surface area contributed by atoms with E-state index in [0.717, 1.165) is 109 Å². The van der Waals surface area contributed by atoms with Gasteiger partial charge in [0.25, 0.3) is 0 Å². The van der Waals surface area contributed by atoms with Crippen LogP contribution in [0, 0.1) is 0 Å². The Morgan fingerprint density at radius 2 is 0.782 bits per heavy atom. The Labute approximate surface area is 337 Å². The Hall–Kier alpha value is -3.41. The van der Waals surface area contributed by atoms with Gasteiger partial charge in [0, 0.05) is 19.3 Å². The number of carbonyl (C=O) groups is 3. The number of hydrogen-bond acceptors (Lipinski definition) is 6. The van der Waals surface area contributed by atoms with Crippen LogP contribution in [0.5, 0.6) is 0 Å². The highest BCUT2D eigenvalue weighted by atomic mass is 16.6. The summed E-state index contributed by atoms with van der Waals surface area (Å²) in [6, 6.07) is 0. The molecule has 0 radical (unpaired) electrons. The van der Waals surface area contributed by atoms with Crippen molar-refractivity contribution in [2.24, 2.45) is 0 Å². The van der Waals surface area contributed by atoms with Crippen molar-refractivity contribution >= 4 is 17.9 Å². The Morgan fingerprint density at radius 3 is 1.31 bits per heavy atom. The second-order valence-electron chi connectivity index (χ2n) is 14.2. The maximum absolute atomic E-state index is 12.7. The number of unbranched alkanes of at least 4 members (excludes halogenated alkanes) is 13. The van der Waals surface area contributed by atoms with Crippen molar-refractivity contribution in [3.8, 4) is 0 Å². The van der Waals surface area contributed by atoms with Gasteiger partial charge in [-0.05, 0) is 89.9 Å². The molecule has 1 atom stereocenters.